The van der Waals surface area contributed by atoms with E-state index in [2.05, 4.69) is 0 Å². The minimum Gasteiger partial charge on any atom is -0.480 e. The molecule has 0 aliphatic heterocycles. The topological polar surface area (TPSA) is 139 Å². The maximum absolute atomic E-state index is 10.1. The largest absolute Gasteiger partial charge is 0.480 e. The van der Waals surface area contributed by atoms with E-state index in [1.807, 2.05) is 0 Å². The van der Waals surface area contributed by atoms with Crippen LogP contribution in [0.5, 0.6) is 0 Å². The van der Waals surface area contributed by atoms with Crippen LogP contribution in [0.15, 0.2) is 0 Å². The highest BCUT2D eigenvalue weighted by Gasteiger charge is 2.22. The fraction of sp³-hybridized carbons (Fsp3) is 0.500. The van der Waals surface area contributed by atoms with Gasteiger partial charge in [0.1, 0.15) is 11.9 Å². The molecule has 0 heterocycles. The third-order valence-corrected chi connectivity index (χ3v) is 1.03. The molecule has 0 rings (SSSR count). The van der Waals surface area contributed by atoms with Gasteiger partial charge in [-0.25, -0.2) is 0 Å². The van der Waals surface area contributed by atoms with E-state index >= 15 is 0 Å². The molecule has 6 nitrogen and oxygen atoms in total. The molecule has 2 atom stereocenters. The molecule has 0 amide bonds. The Kier molecular flexibility index (Phi) is 2.78. The lowest BCUT2D eigenvalue weighted by atomic mass is 10.1. The summed E-state index contributed by atoms with van der Waals surface area (Å²) in [5.41, 5.74) is 15.0. The average Bonchev–Trinajstić information content (AvgIpc) is 1.84. The molecule has 0 saturated carbocycles. The van der Waals surface area contributed by atoms with Crippen LogP contribution in [-0.2, 0) is 4.79 Å². The maximum atomic E-state index is 10.1. The summed E-state index contributed by atoms with van der Waals surface area (Å²) in [6.07, 6.45) is 0. The first-order chi connectivity index (χ1) is 4.46. The monoisotopic (exact) mass is 146 g/mol. The third-order valence-electron chi connectivity index (χ3n) is 1.03. The van der Waals surface area contributed by atoms with E-state index in [1.54, 1.807) is 0 Å². The van der Waals surface area contributed by atoms with Gasteiger partial charge in [-0.1, -0.05) is 0 Å². The lowest BCUT2D eigenvalue weighted by Crippen LogP contribution is -2.53. The minimum absolute atomic E-state index is 0.421. The summed E-state index contributed by atoms with van der Waals surface area (Å²) in [6, 6.07) is -2.39. The van der Waals surface area contributed by atoms with Gasteiger partial charge in [0, 0.05) is 0 Å². The molecule has 0 fully saturated rings. The highest BCUT2D eigenvalue weighted by molar-refractivity contribution is 5.89. The van der Waals surface area contributed by atoms with Crippen molar-refractivity contribution in [3.8, 4) is 0 Å². The van der Waals surface area contributed by atoms with Crippen LogP contribution in [0.1, 0.15) is 0 Å². The predicted molar refractivity (Wildman–Crippen MR) is 35.5 cm³/mol. The van der Waals surface area contributed by atoms with Gasteiger partial charge in [0.25, 0.3) is 0 Å². The summed E-state index contributed by atoms with van der Waals surface area (Å²) in [4.78, 5) is 10.1. The molecule has 0 bridgehead atoms. The number of carboxylic acids is 1. The van der Waals surface area contributed by atoms with Crippen molar-refractivity contribution in [1.29, 1.82) is 5.41 Å². The van der Waals surface area contributed by atoms with E-state index < -0.39 is 23.9 Å². The van der Waals surface area contributed by atoms with E-state index in [9.17, 15) is 4.79 Å². The second kappa shape index (κ2) is 3.14. The molecule has 6 heteroatoms. The Hall–Kier alpha value is -1.14. The summed E-state index contributed by atoms with van der Waals surface area (Å²) in [6.45, 7) is 0. The zero-order valence-electron chi connectivity index (χ0n) is 5.24. The number of aliphatic carboxylic acids is 1. The van der Waals surface area contributed by atoms with Crippen molar-refractivity contribution in [3.63, 3.8) is 0 Å². The van der Waals surface area contributed by atoms with Gasteiger partial charge in [-0.05, 0) is 0 Å². The molecular formula is C4H10N4O2. The number of hydrogen-bond acceptors (Lipinski definition) is 4. The van der Waals surface area contributed by atoms with Crippen molar-refractivity contribution in [3.05, 3.63) is 0 Å². The first-order valence-electron chi connectivity index (χ1n) is 2.54. The average molecular weight is 146 g/mol. The Balaban J connectivity index is 4.07. The van der Waals surface area contributed by atoms with Crippen molar-refractivity contribution >= 4 is 11.8 Å². The van der Waals surface area contributed by atoms with Crippen LogP contribution in [0.3, 0.4) is 0 Å². The molecule has 0 aliphatic rings. The summed E-state index contributed by atoms with van der Waals surface area (Å²) in [5, 5.41) is 15.0. The molecule has 0 aliphatic carbocycles. The number of rotatable bonds is 3. The summed E-state index contributed by atoms with van der Waals surface area (Å²) >= 11 is 0. The van der Waals surface area contributed by atoms with Gasteiger partial charge in [0.15, 0.2) is 0 Å². The Morgan fingerprint density at radius 2 is 1.80 bits per heavy atom. The Morgan fingerprint density at radius 1 is 1.40 bits per heavy atom. The van der Waals surface area contributed by atoms with Crippen LogP contribution in [0, 0.1) is 5.41 Å². The van der Waals surface area contributed by atoms with E-state index in [1.165, 1.54) is 0 Å². The smallest absolute Gasteiger partial charge is 0.322 e. The molecule has 2 unspecified atom stereocenters. The first-order valence-corrected chi connectivity index (χ1v) is 2.54. The predicted octanol–water partition coefficient (Wildman–Crippen LogP) is -2.34. The number of amidine groups is 1. The number of nitrogens with one attached hydrogen (secondary N) is 1. The molecule has 8 N–H and O–H groups in total. The maximum Gasteiger partial charge on any atom is 0.322 e. The molecule has 0 aromatic carbocycles. The van der Waals surface area contributed by atoms with Gasteiger partial charge >= 0.3 is 5.97 Å². The van der Waals surface area contributed by atoms with Crippen molar-refractivity contribution in [2.75, 3.05) is 0 Å². The van der Waals surface area contributed by atoms with Gasteiger partial charge < -0.3 is 22.3 Å². The summed E-state index contributed by atoms with van der Waals surface area (Å²) in [5.74, 6) is -1.68. The zero-order valence-corrected chi connectivity index (χ0v) is 5.24. The highest BCUT2D eigenvalue weighted by Crippen LogP contribution is 1.84. The normalized spacial score (nSPS) is 15.8. The van der Waals surface area contributed by atoms with E-state index in [-0.39, 0.29) is 0 Å². The molecule has 0 spiro atoms. The van der Waals surface area contributed by atoms with Gasteiger partial charge in [0.05, 0.1) is 6.04 Å². The Morgan fingerprint density at radius 3 is 1.90 bits per heavy atom. The lowest BCUT2D eigenvalue weighted by Gasteiger charge is -2.12. The highest BCUT2D eigenvalue weighted by atomic mass is 16.4. The molecular weight excluding hydrogens is 136 g/mol. The fourth-order valence-corrected chi connectivity index (χ4v) is 0.347. The fourth-order valence-electron chi connectivity index (χ4n) is 0.347. The van der Waals surface area contributed by atoms with Crippen LogP contribution in [0.2, 0.25) is 0 Å². The first kappa shape index (κ1) is 8.86. The van der Waals surface area contributed by atoms with Crippen molar-refractivity contribution in [2.24, 2.45) is 17.2 Å². The lowest BCUT2D eigenvalue weighted by molar-refractivity contribution is -0.138. The quantitative estimate of drug-likeness (QED) is 0.224. The van der Waals surface area contributed by atoms with Crippen molar-refractivity contribution < 1.29 is 9.90 Å². The zero-order chi connectivity index (χ0) is 8.31. The summed E-state index contributed by atoms with van der Waals surface area (Å²) < 4.78 is 0. The Labute approximate surface area is 57.5 Å². The molecule has 0 saturated heterocycles. The van der Waals surface area contributed by atoms with Crippen LogP contribution < -0.4 is 17.2 Å². The van der Waals surface area contributed by atoms with E-state index in [4.69, 9.17) is 27.7 Å². The van der Waals surface area contributed by atoms with E-state index in [0.29, 0.717) is 0 Å². The SMILES string of the molecule is N=C(N)C(N)C(N)C(=O)O. The number of carbonyl (C=O) groups is 1. The van der Waals surface area contributed by atoms with Crippen LogP contribution in [0.4, 0.5) is 0 Å². The van der Waals surface area contributed by atoms with Gasteiger partial charge in [0.2, 0.25) is 0 Å². The van der Waals surface area contributed by atoms with Crippen LogP contribution in [-0.4, -0.2) is 29.0 Å². The van der Waals surface area contributed by atoms with E-state index in [0.717, 1.165) is 0 Å². The summed E-state index contributed by atoms with van der Waals surface area (Å²) in [7, 11) is 0. The van der Waals surface area contributed by atoms with Crippen LogP contribution in [0.25, 0.3) is 0 Å². The number of nitrogens with two attached hydrogens (primary N) is 3. The van der Waals surface area contributed by atoms with Crippen molar-refractivity contribution in [1.82, 2.24) is 0 Å². The molecule has 0 aromatic rings. The molecule has 0 radical (unpaired) electrons. The molecule has 10 heavy (non-hydrogen) atoms. The van der Waals surface area contributed by atoms with Gasteiger partial charge in [-0.3, -0.25) is 10.2 Å². The van der Waals surface area contributed by atoms with Crippen LogP contribution >= 0.6 is 0 Å². The molecule has 0 aromatic heterocycles. The minimum atomic E-state index is -1.29. The van der Waals surface area contributed by atoms with Gasteiger partial charge in [-0.15, -0.1) is 0 Å². The third kappa shape index (κ3) is 2.00. The van der Waals surface area contributed by atoms with Gasteiger partial charge in [-0.2, -0.15) is 0 Å². The molecule has 58 valence electrons. The second-order valence-corrected chi connectivity index (χ2v) is 1.85. The van der Waals surface area contributed by atoms with Crippen molar-refractivity contribution in [2.45, 2.75) is 12.1 Å². The number of hydrogen-bond donors (Lipinski definition) is 5. The standard InChI is InChI=1S/C4H10N4O2/c5-1(3(7)8)2(6)4(9)10/h1-2H,5-6H2,(H3,7,8)(H,9,10). The Bertz CT molecular complexity index is 139. The second-order valence-electron chi connectivity index (χ2n) is 1.85. The number of carboxylic acid groups (broad SMARTS) is 1.